The van der Waals surface area contributed by atoms with Crippen molar-refractivity contribution < 1.29 is 5.11 Å². The Kier molecular flexibility index (Phi) is 5.06. The smallest absolute Gasteiger partial charge is 0.277 e. The molecule has 30 heavy (non-hydrogen) atoms. The van der Waals surface area contributed by atoms with E-state index in [1.54, 1.807) is 0 Å². The second kappa shape index (κ2) is 7.87. The van der Waals surface area contributed by atoms with Crippen LogP contribution in [0.25, 0.3) is 22.4 Å². The van der Waals surface area contributed by atoms with Crippen molar-refractivity contribution in [2.45, 2.75) is 64.0 Å². The summed E-state index contributed by atoms with van der Waals surface area (Å²) in [5, 5.41) is 14.4. The molecule has 158 valence electrons. The van der Waals surface area contributed by atoms with Gasteiger partial charge in [-0.05, 0) is 56.9 Å². The molecule has 0 spiro atoms. The fraction of sp³-hybridized carbons (Fsp3) is 0.522. The van der Waals surface area contributed by atoms with Gasteiger partial charge in [-0.3, -0.25) is 9.48 Å². The number of fused-ring (bicyclic) bond motifs is 1. The number of aromatic nitrogens is 4. The van der Waals surface area contributed by atoms with E-state index in [1.807, 2.05) is 23.7 Å². The molecule has 1 aliphatic heterocycles. The molecule has 0 atom stereocenters. The van der Waals surface area contributed by atoms with E-state index in [4.69, 9.17) is 10.1 Å². The first-order chi connectivity index (χ1) is 14.6. The quantitative estimate of drug-likeness (QED) is 0.693. The summed E-state index contributed by atoms with van der Waals surface area (Å²) in [5.41, 5.74) is 4.02. The number of hydrogen-bond donors (Lipinski definition) is 2. The lowest BCUT2D eigenvalue weighted by Crippen LogP contribution is -2.35. The Bertz CT molecular complexity index is 1090. The molecular weight excluding hydrogens is 378 g/mol. The van der Waals surface area contributed by atoms with Gasteiger partial charge in [-0.15, -0.1) is 0 Å². The molecule has 2 aromatic heterocycles. The van der Waals surface area contributed by atoms with E-state index < -0.39 is 0 Å². The third-order valence-electron chi connectivity index (χ3n) is 6.62. The molecule has 2 fully saturated rings. The Morgan fingerprint density at radius 1 is 1.03 bits per heavy atom. The molecule has 2 N–H and O–H groups in total. The molecule has 0 radical (unpaired) electrons. The molecule has 0 unspecified atom stereocenters. The van der Waals surface area contributed by atoms with Crippen molar-refractivity contribution in [1.82, 2.24) is 19.7 Å². The van der Waals surface area contributed by atoms with Gasteiger partial charge in [-0.2, -0.15) is 5.10 Å². The maximum absolute atomic E-state index is 13.0. The number of aromatic amines is 1. The predicted molar refractivity (Wildman–Crippen MR) is 118 cm³/mol. The molecule has 5 rings (SSSR count). The zero-order valence-corrected chi connectivity index (χ0v) is 17.5. The van der Waals surface area contributed by atoms with Gasteiger partial charge in [0.15, 0.2) is 5.52 Å². The van der Waals surface area contributed by atoms with E-state index in [9.17, 15) is 9.90 Å². The molecule has 2 aliphatic rings. The van der Waals surface area contributed by atoms with Crippen LogP contribution in [0.2, 0.25) is 0 Å². The maximum atomic E-state index is 13.0. The number of aryl methyl sites for hydroxylation is 1. The van der Waals surface area contributed by atoms with Gasteiger partial charge in [0.2, 0.25) is 0 Å². The number of nitrogens with one attached hydrogen (secondary N) is 1. The van der Waals surface area contributed by atoms with Crippen LogP contribution in [0.3, 0.4) is 0 Å². The zero-order valence-electron chi connectivity index (χ0n) is 17.5. The third kappa shape index (κ3) is 3.51. The highest BCUT2D eigenvalue weighted by Crippen LogP contribution is 2.31. The molecular formula is C23H29N5O2. The number of benzene rings is 1. The van der Waals surface area contributed by atoms with Gasteiger partial charge in [0.05, 0.1) is 17.8 Å². The van der Waals surface area contributed by atoms with Crippen LogP contribution in [0.5, 0.6) is 0 Å². The van der Waals surface area contributed by atoms with Crippen LogP contribution in [-0.4, -0.2) is 44.0 Å². The largest absolute Gasteiger partial charge is 0.393 e. The Hall–Kier alpha value is -2.67. The first-order valence-electron chi connectivity index (χ1n) is 11.1. The highest BCUT2D eigenvalue weighted by atomic mass is 16.3. The second-order valence-electron chi connectivity index (χ2n) is 8.70. The lowest BCUT2D eigenvalue weighted by Gasteiger charge is -2.31. The van der Waals surface area contributed by atoms with Gasteiger partial charge < -0.3 is 15.0 Å². The van der Waals surface area contributed by atoms with Crippen LogP contribution < -0.4 is 10.5 Å². The molecule has 0 bridgehead atoms. The van der Waals surface area contributed by atoms with Crippen molar-refractivity contribution in [1.29, 1.82) is 0 Å². The summed E-state index contributed by atoms with van der Waals surface area (Å²) in [6.45, 7) is 3.66. The summed E-state index contributed by atoms with van der Waals surface area (Å²) in [6, 6.07) is 8.44. The third-order valence-corrected chi connectivity index (χ3v) is 6.62. The predicted octanol–water partition coefficient (Wildman–Crippen LogP) is 3.56. The summed E-state index contributed by atoms with van der Waals surface area (Å²) in [6.07, 6.45) is 7.22. The van der Waals surface area contributed by atoms with Crippen LogP contribution in [0.1, 0.15) is 56.7 Å². The number of nitrogens with zero attached hydrogens (tertiary/aromatic N) is 4. The van der Waals surface area contributed by atoms with Gasteiger partial charge in [-0.1, -0.05) is 19.3 Å². The number of hydrogen-bond acceptors (Lipinski definition) is 5. The SMILES string of the molecule is Cc1nn(C2CCCCC2)c2c(=O)[nH]c(-c3ccc(N4CCC(O)CC4)cc3)nc12. The molecule has 1 saturated carbocycles. The Morgan fingerprint density at radius 2 is 1.73 bits per heavy atom. The van der Waals surface area contributed by atoms with Crippen molar-refractivity contribution >= 4 is 16.7 Å². The fourth-order valence-electron chi connectivity index (χ4n) is 4.87. The lowest BCUT2D eigenvalue weighted by atomic mass is 9.95. The summed E-state index contributed by atoms with van der Waals surface area (Å²) >= 11 is 0. The first-order valence-corrected chi connectivity index (χ1v) is 11.1. The van der Waals surface area contributed by atoms with E-state index >= 15 is 0 Å². The van der Waals surface area contributed by atoms with Crippen LogP contribution in [0.4, 0.5) is 5.69 Å². The minimum absolute atomic E-state index is 0.115. The molecule has 3 heterocycles. The minimum atomic E-state index is -0.181. The van der Waals surface area contributed by atoms with Crippen molar-refractivity contribution in [3.8, 4) is 11.4 Å². The fourth-order valence-corrected chi connectivity index (χ4v) is 4.87. The van der Waals surface area contributed by atoms with E-state index in [0.29, 0.717) is 22.9 Å². The standard InChI is InChI=1S/C23H29N5O2/c1-15-20-21(28(26-15)18-5-3-2-4-6-18)23(30)25-22(24-20)16-7-9-17(10-8-16)27-13-11-19(29)12-14-27/h7-10,18-19,29H,2-6,11-14H2,1H3,(H,24,25,30). The van der Waals surface area contributed by atoms with E-state index in [0.717, 1.165) is 55.7 Å². The lowest BCUT2D eigenvalue weighted by molar-refractivity contribution is 0.145. The Labute approximate surface area is 175 Å². The second-order valence-corrected chi connectivity index (χ2v) is 8.70. The molecule has 3 aromatic rings. The van der Waals surface area contributed by atoms with Crippen molar-refractivity contribution in [2.24, 2.45) is 0 Å². The average molecular weight is 408 g/mol. The number of rotatable bonds is 3. The Balaban J connectivity index is 1.46. The normalized spacial score (nSPS) is 18.9. The van der Waals surface area contributed by atoms with Crippen LogP contribution in [-0.2, 0) is 0 Å². The van der Waals surface area contributed by atoms with Gasteiger partial charge in [-0.25, -0.2) is 4.98 Å². The van der Waals surface area contributed by atoms with Crippen molar-refractivity contribution in [2.75, 3.05) is 18.0 Å². The number of piperidine rings is 1. The van der Waals surface area contributed by atoms with Gasteiger partial charge in [0.1, 0.15) is 11.3 Å². The first kappa shape index (κ1) is 19.3. The van der Waals surface area contributed by atoms with Gasteiger partial charge in [0, 0.05) is 24.3 Å². The van der Waals surface area contributed by atoms with Crippen LogP contribution >= 0.6 is 0 Å². The van der Waals surface area contributed by atoms with Crippen molar-refractivity contribution in [3.63, 3.8) is 0 Å². The minimum Gasteiger partial charge on any atom is -0.393 e. The topological polar surface area (TPSA) is 87.0 Å². The van der Waals surface area contributed by atoms with Crippen LogP contribution in [0.15, 0.2) is 29.1 Å². The maximum Gasteiger partial charge on any atom is 0.277 e. The summed E-state index contributed by atoms with van der Waals surface area (Å²) in [5.74, 6) is 0.583. The number of anilines is 1. The summed E-state index contributed by atoms with van der Waals surface area (Å²) in [4.78, 5) is 23.1. The monoisotopic (exact) mass is 407 g/mol. The van der Waals surface area contributed by atoms with Gasteiger partial charge >= 0.3 is 0 Å². The number of aliphatic hydroxyl groups is 1. The molecule has 1 aliphatic carbocycles. The molecule has 7 heteroatoms. The molecule has 7 nitrogen and oxygen atoms in total. The highest BCUT2D eigenvalue weighted by Gasteiger charge is 2.23. The molecule has 1 saturated heterocycles. The van der Waals surface area contributed by atoms with E-state index in [1.165, 1.54) is 19.3 Å². The van der Waals surface area contributed by atoms with Crippen LogP contribution in [0, 0.1) is 6.92 Å². The van der Waals surface area contributed by atoms with Gasteiger partial charge in [0.25, 0.3) is 5.56 Å². The summed E-state index contributed by atoms with van der Waals surface area (Å²) in [7, 11) is 0. The molecule has 0 amide bonds. The Morgan fingerprint density at radius 3 is 2.43 bits per heavy atom. The zero-order chi connectivity index (χ0) is 20.7. The van der Waals surface area contributed by atoms with Crippen molar-refractivity contribution in [3.05, 3.63) is 40.3 Å². The van der Waals surface area contributed by atoms with E-state index in [-0.39, 0.29) is 11.7 Å². The number of H-pyrrole nitrogens is 1. The number of aliphatic hydroxyl groups excluding tert-OH is 1. The van der Waals surface area contributed by atoms with E-state index in [2.05, 4.69) is 22.0 Å². The average Bonchev–Trinajstić information content (AvgIpc) is 3.12. The highest BCUT2D eigenvalue weighted by molar-refractivity contribution is 5.79. The molecule has 1 aromatic carbocycles. The summed E-state index contributed by atoms with van der Waals surface area (Å²) < 4.78 is 1.92.